The van der Waals surface area contributed by atoms with Crippen molar-refractivity contribution in [2.24, 2.45) is 5.92 Å². The predicted octanol–water partition coefficient (Wildman–Crippen LogP) is 4.27. The number of rotatable bonds is 5. The topological polar surface area (TPSA) is 51.0 Å². The Labute approximate surface area is 161 Å². The second-order valence-corrected chi connectivity index (χ2v) is 8.16. The van der Waals surface area contributed by atoms with Crippen LogP contribution in [0.1, 0.15) is 74.5 Å². The van der Waals surface area contributed by atoms with Gasteiger partial charge in [-0.15, -0.1) is 0 Å². The molecule has 2 aromatic rings. The summed E-state index contributed by atoms with van der Waals surface area (Å²) in [6.45, 7) is 3.72. The van der Waals surface area contributed by atoms with Gasteiger partial charge in [0.1, 0.15) is 5.82 Å². The Bertz CT molecular complexity index is 764. The maximum atomic E-state index is 13.1. The molecule has 144 valence electrons. The number of hydrogen-bond acceptors (Lipinski definition) is 3. The van der Waals surface area contributed by atoms with Crippen LogP contribution in [0, 0.1) is 12.8 Å². The molecule has 0 spiro atoms. The SMILES string of the molecule is Cc1cnc(C2CCCN2C(=O)CC2CCCCC2)n1Cc1cccnc1. The fraction of sp³-hybridized carbons (Fsp3) is 0.591. The summed E-state index contributed by atoms with van der Waals surface area (Å²) in [5.74, 6) is 1.95. The van der Waals surface area contributed by atoms with Gasteiger partial charge in [-0.1, -0.05) is 25.3 Å². The number of carbonyl (C=O) groups excluding carboxylic acids is 1. The van der Waals surface area contributed by atoms with Gasteiger partial charge in [-0.05, 0) is 50.2 Å². The summed E-state index contributed by atoms with van der Waals surface area (Å²) in [5.41, 5.74) is 2.30. The van der Waals surface area contributed by atoms with Crippen molar-refractivity contribution in [1.82, 2.24) is 19.4 Å². The molecule has 1 amide bonds. The van der Waals surface area contributed by atoms with E-state index in [9.17, 15) is 4.79 Å². The Morgan fingerprint density at radius 2 is 2.00 bits per heavy atom. The van der Waals surface area contributed by atoms with Crippen LogP contribution in [-0.4, -0.2) is 31.9 Å². The molecule has 2 aromatic heterocycles. The number of amides is 1. The van der Waals surface area contributed by atoms with Gasteiger partial charge in [0, 0.05) is 37.3 Å². The number of aryl methyl sites for hydroxylation is 1. The quantitative estimate of drug-likeness (QED) is 0.794. The van der Waals surface area contributed by atoms with Crippen LogP contribution in [0.5, 0.6) is 0 Å². The van der Waals surface area contributed by atoms with E-state index in [-0.39, 0.29) is 6.04 Å². The van der Waals surface area contributed by atoms with Crippen LogP contribution in [0.25, 0.3) is 0 Å². The first-order valence-electron chi connectivity index (χ1n) is 10.4. The zero-order valence-corrected chi connectivity index (χ0v) is 16.3. The summed E-state index contributed by atoms with van der Waals surface area (Å²) >= 11 is 0. The van der Waals surface area contributed by atoms with Gasteiger partial charge in [-0.2, -0.15) is 0 Å². The molecule has 4 rings (SSSR count). The summed E-state index contributed by atoms with van der Waals surface area (Å²) in [6, 6.07) is 4.18. The number of likely N-dealkylation sites (tertiary alicyclic amines) is 1. The molecule has 0 aromatic carbocycles. The van der Waals surface area contributed by atoms with Crippen molar-refractivity contribution in [1.29, 1.82) is 0 Å². The predicted molar refractivity (Wildman–Crippen MR) is 105 cm³/mol. The number of pyridine rings is 1. The van der Waals surface area contributed by atoms with Crippen molar-refractivity contribution in [3.63, 3.8) is 0 Å². The Kier molecular flexibility index (Phi) is 5.55. The van der Waals surface area contributed by atoms with Gasteiger partial charge >= 0.3 is 0 Å². The van der Waals surface area contributed by atoms with Crippen LogP contribution in [0.15, 0.2) is 30.7 Å². The van der Waals surface area contributed by atoms with Crippen LogP contribution in [0.4, 0.5) is 0 Å². The maximum Gasteiger partial charge on any atom is 0.223 e. The lowest BCUT2D eigenvalue weighted by Crippen LogP contribution is -2.33. The van der Waals surface area contributed by atoms with Gasteiger partial charge in [0.05, 0.1) is 12.6 Å². The minimum Gasteiger partial charge on any atom is -0.332 e. The largest absolute Gasteiger partial charge is 0.332 e. The van der Waals surface area contributed by atoms with Gasteiger partial charge in [-0.3, -0.25) is 9.78 Å². The van der Waals surface area contributed by atoms with E-state index in [0.29, 0.717) is 11.8 Å². The number of hydrogen-bond donors (Lipinski definition) is 0. The van der Waals surface area contributed by atoms with Crippen molar-refractivity contribution in [2.45, 2.75) is 70.9 Å². The van der Waals surface area contributed by atoms with Crippen molar-refractivity contribution >= 4 is 5.91 Å². The third-order valence-electron chi connectivity index (χ3n) is 6.21. The molecule has 1 aliphatic heterocycles. The van der Waals surface area contributed by atoms with Crippen LogP contribution >= 0.6 is 0 Å². The summed E-state index contributed by atoms with van der Waals surface area (Å²) in [5, 5.41) is 0. The highest BCUT2D eigenvalue weighted by Crippen LogP contribution is 2.34. The lowest BCUT2D eigenvalue weighted by Gasteiger charge is -2.28. The van der Waals surface area contributed by atoms with Crippen molar-refractivity contribution in [3.8, 4) is 0 Å². The molecule has 1 atom stereocenters. The number of imidazole rings is 1. The van der Waals surface area contributed by atoms with Crippen molar-refractivity contribution in [3.05, 3.63) is 47.8 Å². The van der Waals surface area contributed by atoms with Gasteiger partial charge in [0.2, 0.25) is 5.91 Å². The average molecular weight is 367 g/mol. The molecule has 5 heteroatoms. The molecule has 1 unspecified atom stereocenters. The highest BCUT2D eigenvalue weighted by atomic mass is 16.2. The number of aromatic nitrogens is 3. The first-order valence-corrected chi connectivity index (χ1v) is 10.4. The molecule has 1 saturated carbocycles. The molecule has 1 saturated heterocycles. The zero-order chi connectivity index (χ0) is 18.6. The third kappa shape index (κ3) is 4.07. The normalized spacial score (nSPS) is 20.9. The molecule has 27 heavy (non-hydrogen) atoms. The average Bonchev–Trinajstić information content (AvgIpc) is 3.31. The molecule has 2 fully saturated rings. The van der Waals surface area contributed by atoms with E-state index in [4.69, 9.17) is 4.98 Å². The molecule has 1 aliphatic carbocycles. The van der Waals surface area contributed by atoms with E-state index in [1.54, 1.807) is 6.20 Å². The summed E-state index contributed by atoms with van der Waals surface area (Å²) in [4.78, 5) is 24.1. The molecular weight excluding hydrogens is 336 g/mol. The maximum absolute atomic E-state index is 13.1. The molecular formula is C22H30N4O. The molecule has 2 aliphatic rings. The molecule has 0 N–H and O–H groups in total. The molecule has 0 bridgehead atoms. The Morgan fingerprint density at radius 1 is 1.15 bits per heavy atom. The lowest BCUT2D eigenvalue weighted by atomic mass is 9.86. The van der Waals surface area contributed by atoms with E-state index in [1.165, 1.54) is 32.1 Å². The lowest BCUT2D eigenvalue weighted by molar-refractivity contribution is -0.133. The molecule has 3 heterocycles. The highest BCUT2D eigenvalue weighted by molar-refractivity contribution is 5.77. The van der Waals surface area contributed by atoms with E-state index >= 15 is 0 Å². The Morgan fingerprint density at radius 3 is 2.78 bits per heavy atom. The summed E-state index contributed by atoms with van der Waals surface area (Å²) in [7, 11) is 0. The molecule has 0 radical (unpaired) electrons. The fourth-order valence-electron chi connectivity index (χ4n) is 4.71. The van der Waals surface area contributed by atoms with Crippen LogP contribution < -0.4 is 0 Å². The van der Waals surface area contributed by atoms with E-state index < -0.39 is 0 Å². The van der Waals surface area contributed by atoms with Gasteiger partial charge in [-0.25, -0.2) is 4.98 Å². The third-order valence-corrected chi connectivity index (χ3v) is 6.21. The first kappa shape index (κ1) is 18.2. The summed E-state index contributed by atoms with van der Waals surface area (Å²) < 4.78 is 2.26. The van der Waals surface area contributed by atoms with Gasteiger partial charge in [0.25, 0.3) is 0 Å². The second-order valence-electron chi connectivity index (χ2n) is 8.16. The number of nitrogens with zero attached hydrogens (tertiary/aromatic N) is 4. The van der Waals surface area contributed by atoms with Crippen molar-refractivity contribution < 1.29 is 4.79 Å². The standard InChI is InChI=1S/C22H30N4O/c1-17-14-24-22(26(17)16-19-9-5-11-23-15-19)20-10-6-12-25(20)21(27)13-18-7-3-2-4-8-18/h5,9,11,14-15,18,20H,2-4,6-8,10,12-13,16H2,1H3. The highest BCUT2D eigenvalue weighted by Gasteiger charge is 2.34. The minimum atomic E-state index is 0.117. The van der Waals surface area contributed by atoms with E-state index in [0.717, 1.165) is 49.4 Å². The van der Waals surface area contributed by atoms with Crippen LogP contribution in [0.2, 0.25) is 0 Å². The Balaban J connectivity index is 1.51. The monoisotopic (exact) mass is 366 g/mol. The fourth-order valence-corrected chi connectivity index (χ4v) is 4.71. The smallest absolute Gasteiger partial charge is 0.223 e. The first-order chi connectivity index (χ1) is 13.2. The van der Waals surface area contributed by atoms with Crippen molar-refractivity contribution in [2.75, 3.05) is 6.54 Å². The van der Waals surface area contributed by atoms with E-state index in [2.05, 4.69) is 27.4 Å². The van der Waals surface area contributed by atoms with Crippen LogP contribution in [0.3, 0.4) is 0 Å². The van der Waals surface area contributed by atoms with Gasteiger partial charge < -0.3 is 9.47 Å². The minimum absolute atomic E-state index is 0.117. The number of carbonyl (C=O) groups is 1. The second kappa shape index (κ2) is 8.24. The molecule has 5 nitrogen and oxygen atoms in total. The van der Waals surface area contributed by atoms with Crippen LogP contribution in [-0.2, 0) is 11.3 Å². The zero-order valence-electron chi connectivity index (χ0n) is 16.3. The summed E-state index contributed by atoms with van der Waals surface area (Å²) in [6.07, 6.45) is 14.8. The van der Waals surface area contributed by atoms with Gasteiger partial charge in [0.15, 0.2) is 0 Å². The Hall–Kier alpha value is -2.17. The van der Waals surface area contributed by atoms with E-state index in [1.807, 2.05) is 18.5 Å².